The van der Waals surface area contributed by atoms with Gasteiger partial charge in [-0.2, -0.15) is 5.26 Å². The standard InChI is InChI=1S/C13H8Cl2N2/c1-8-7-17-13(15)10(6-16)12(8)9-4-2-3-5-11(9)14/h2-5,7H,1H3. The normalized spacial score (nSPS) is 10.0. The van der Waals surface area contributed by atoms with Gasteiger partial charge in [0.25, 0.3) is 0 Å². The van der Waals surface area contributed by atoms with E-state index in [4.69, 9.17) is 28.5 Å². The van der Waals surface area contributed by atoms with E-state index in [1.165, 1.54) is 0 Å². The molecule has 0 radical (unpaired) electrons. The van der Waals surface area contributed by atoms with Crippen LogP contribution in [0.25, 0.3) is 11.1 Å². The summed E-state index contributed by atoms with van der Waals surface area (Å²) in [5, 5.41) is 9.95. The first-order valence-corrected chi connectivity index (χ1v) is 5.71. The zero-order chi connectivity index (χ0) is 12.4. The molecule has 0 amide bonds. The first-order valence-electron chi connectivity index (χ1n) is 4.95. The van der Waals surface area contributed by atoms with Gasteiger partial charge >= 0.3 is 0 Å². The molecule has 0 aliphatic carbocycles. The van der Waals surface area contributed by atoms with Gasteiger partial charge in [0.2, 0.25) is 0 Å². The summed E-state index contributed by atoms with van der Waals surface area (Å²) in [6.45, 7) is 1.88. The minimum Gasteiger partial charge on any atom is -0.243 e. The molecule has 0 atom stereocenters. The number of hydrogen-bond acceptors (Lipinski definition) is 2. The van der Waals surface area contributed by atoms with Crippen molar-refractivity contribution in [2.45, 2.75) is 6.92 Å². The van der Waals surface area contributed by atoms with Gasteiger partial charge in [0.15, 0.2) is 0 Å². The van der Waals surface area contributed by atoms with E-state index in [2.05, 4.69) is 11.1 Å². The number of pyridine rings is 1. The van der Waals surface area contributed by atoms with E-state index in [9.17, 15) is 0 Å². The predicted octanol–water partition coefficient (Wildman–Crippen LogP) is 4.24. The summed E-state index contributed by atoms with van der Waals surface area (Å²) in [4.78, 5) is 3.97. The van der Waals surface area contributed by atoms with Crippen molar-refractivity contribution in [2.75, 3.05) is 0 Å². The quantitative estimate of drug-likeness (QED) is 0.721. The van der Waals surface area contributed by atoms with Crippen LogP contribution >= 0.6 is 23.2 Å². The van der Waals surface area contributed by atoms with E-state index in [0.29, 0.717) is 10.6 Å². The third kappa shape index (κ3) is 2.12. The van der Waals surface area contributed by atoms with Gasteiger partial charge in [0, 0.05) is 22.3 Å². The summed E-state index contributed by atoms with van der Waals surface area (Å²) >= 11 is 12.1. The Morgan fingerprint density at radius 3 is 2.59 bits per heavy atom. The van der Waals surface area contributed by atoms with E-state index < -0.39 is 0 Å². The van der Waals surface area contributed by atoms with Gasteiger partial charge < -0.3 is 0 Å². The predicted molar refractivity (Wildman–Crippen MR) is 69.1 cm³/mol. The Balaban J connectivity index is 2.81. The molecular formula is C13H8Cl2N2. The molecule has 2 aromatic rings. The molecule has 0 aliphatic heterocycles. The van der Waals surface area contributed by atoms with Crippen molar-refractivity contribution in [3.8, 4) is 17.2 Å². The molecule has 4 heteroatoms. The minimum atomic E-state index is 0.202. The van der Waals surface area contributed by atoms with Crippen LogP contribution in [0.4, 0.5) is 0 Å². The maximum absolute atomic E-state index is 9.16. The number of nitriles is 1. The van der Waals surface area contributed by atoms with Crippen LogP contribution in [0, 0.1) is 18.3 Å². The molecule has 0 saturated heterocycles. The van der Waals surface area contributed by atoms with Gasteiger partial charge in [-0.3, -0.25) is 0 Å². The molecule has 0 fully saturated rings. The zero-order valence-corrected chi connectivity index (χ0v) is 10.5. The average Bonchev–Trinajstić information content (AvgIpc) is 2.33. The lowest BCUT2D eigenvalue weighted by Gasteiger charge is -2.10. The van der Waals surface area contributed by atoms with Crippen LogP contribution in [-0.2, 0) is 0 Å². The second-order valence-electron chi connectivity index (χ2n) is 3.57. The van der Waals surface area contributed by atoms with Crippen LogP contribution in [-0.4, -0.2) is 4.98 Å². The monoisotopic (exact) mass is 262 g/mol. The Kier molecular flexibility index (Phi) is 3.33. The minimum absolute atomic E-state index is 0.202. The summed E-state index contributed by atoms with van der Waals surface area (Å²) in [6, 6.07) is 9.44. The lowest BCUT2D eigenvalue weighted by molar-refractivity contribution is 1.25. The van der Waals surface area contributed by atoms with Crippen molar-refractivity contribution in [3.63, 3.8) is 0 Å². The largest absolute Gasteiger partial charge is 0.243 e. The summed E-state index contributed by atoms with van der Waals surface area (Å²) in [5.74, 6) is 0. The molecule has 0 bridgehead atoms. The Morgan fingerprint density at radius 1 is 1.24 bits per heavy atom. The van der Waals surface area contributed by atoms with E-state index >= 15 is 0 Å². The lowest BCUT2D eigenvalue weighted by Crippen LogP contribution is -1.93. The second-order valence-corrected chi connectivity index (χ2v) is 4.34. The molecule has 2 rings (SSSR count). The number of aryl methyl sites for hydroxylation is 1. The van der Waals surface area contributed by atoms with E-state index in [1.54, 1.807) is 12.3 Å². The molecule has 84 valence electrons. The third-order valence-electron chi connectivity index (χ3n) is 2.48. The first-order chi connectivity index (χ1) is 8.15. The van der Waals surface area contributed by atoms with Crippen molar-refractivity contribution in [2.24, 2.45) is 0 Å². The number of aromatic nitrogens is 1. The van der Waals surface area contributed by atoms with E-state index in [0.717, 1.165) is 16.7 Å². The fraction of sp³-hybridized carbons (Fsp3) is 0.0769. The number of rotatable bonds is 1. The average molecular weight is 263 g/mol. The number of halogens is 2. The van der Waals surface area contributed by atoms with Gasteiger partial charge in [0.1, 0.15) is 11.2 Å². The van der Waals surface area contributed by atoms with Gasteiger partial charge in [-0.05, 0) is 18.6 Å². The summed E-state index contributed by atoms with van der Waals surface area (Å²) in [5.41, 5.74) is 2.78. The Bertz CT molecular complexity index is 615. The highest BCUT2D eigenvalue weighted by molar-refractivity contribution is 6.34. The second kappa shape index (κ2) is 4.75. The van der Waals surface area contributed by atoms with Gasteiger partial charge in [-0.15, -0.1) is 0 Å². The van der Waals surface area contributed by atoms with Crippen molar-refractivity contribution >= 4 is 23.2 Å². The molecular weight excluding hydrogens is 255 g/mol. The summed E-state index contributed by atoms with van der Waals surface area (Å²) in [7, 11) is 0. The number of hydrogen-bond donors (Lipinski definition) is 0. The van der Waals surface area contributed by atoms with Crippen molar-refractivity contribution < 1.29 is 0 Å². The maximum atomic E-state index is 9.16. The SMILES string of the molecule is Cc1cnc(Cl)c(C#N)c1-c1ccccc1Cl. The van der Waals surface area contributed by atoms with Crippen molar-refractivity contribution in [3.05, 3.63) is 51.8 Å². The van der Waals surface area contributed by atoms with Gasteiger partial charge in [-0.1, -0.05) is 41.4 Å². The van der Waals surface area contributed by atoms with E-state index in [1.807, 2.05) is 25.1 Å². The summed E-state index contributed by atoms with van der Waals surface area (Å²) < 4.78 is 0. The zero-order valence-electron chi connectivity index (χ0n) is 9.04. The van der Waals surface area contributed by atoms with E-state index in [-0.39, 0.29) is 5.15 Å². The fourth-order valence-corrected chi connectivity index (χ4v) is 2.11. The first kappa shape index (κ1) is 11.9. The van der Waals surface area contributed by atoms with Crippen LogP contribution < -0.4 is 0 Å². The van der Waals surface area contributed by atoms with Gasteiger partial charge in [-0.25, -0.2) is 4.98 Å². The molecule has 0 saturated carbocycles. The lowest BCUT2D eigenvalue weighted by atomic mass is 9.98. The van der Waals surface area contributed by atoms with Crippen molar-refractivity contribution in [1.29, 1.82) is 5.26 Å². The van der Waals surface area contributed by atoms with Gasteiger partial charge in [0.05, 0.1) is 5.56 Å². The van der Waals surface area contributed by atoms with Crippen molar-refractivity contribution in [1.82, 2.24) is 4.98 Å². The Labute approximate surface area is 109 Å². The van der Waals surface area contributed by atoms with Crippen LogP contribution in [0.15, 0.2) is 30.5 Å². The number of benzene rings is 1. The highest BCUT2D eigenvalue weighted by Crippen LogP contribution is 2.34. The van der Waals surface area contributed by atoms with Crippen LogP contribution in [0.1, 0.15) is 11.1 Å². The molecule has 0 unspecified atom stereocenters. The molecule has 1 aromatic carbocycles. The molecule has 1 aromatic heterocycles. The summed E-state index contributed by atoms with van der Waals surface area (Å²) in [6.07, 6.45) is 1.64. The topological polar surface area (TPSA) is 36.7 Å². The maximum Gasteiger partial charge on any atom is 0.147 e. The molecule has 0 aliphatic rings. The molecule has 2 nitrogen and oxygen atoms in total. The fourth-order valence-electron chi connectivity index (χ4n) is 1.70. The van der Waals surface area contributed by atoms with Crippen LogP contribution in [0.5, 0.6) is 0 Å². The molecule has 1 heterocycles. The van der Waals surface area contributed by atoms with Crippen LogP contribution in [0.3, 0.4) is 0 Å². The third-order valence-corrected chi connectivity index (χ3v) is 3.09. The smallest absolute Gasteiger partial charge is 0.147 e. The number of nitrogens with zero attached hydrogens (tertiary/aromatic N) is 2. The molecule has 0 N–H and O–H groups in total. The Hall–Kier alpha value is -1.56. The van der Waals surface area contributed by atoms with Crippen LogP contribution in [0.2, 0.25) is 10.2 Å². The highest BCUT2D eigenvalue weighted by atomic mass is 35.5. The molecule has 17 heavy (non-hydrogen) atoms. The molecule has 0 spiro atoms. The Morgan fingerprint density at radius 2 is 1.94 bits per heavy atom. The highest BCUT2D eigenvalue weighted by Gasteiger charge is 2.14.